The molecule has 1 unspecified atom stereocenters. The van der Waals surface area contributed by atoms with Gasteiger partial charge in [0.2, 0.25) is 6.79 Å². The zero-order valence-electron chi connectivity index (χ0n) is 9.87. The minimum absolute atomic E-state index is 0.0885. The van der Waals surface area contributed by atoms with Gasteiger partial charge >= 0.3 is 0 Å². The van der Waals surface area contributed by atoms with Gasteiger partial charge in [0.25, 0.3) is 0 Å². The fourth-order valence-electron chi connectivity index (χ4n) is 2.01. The first-order valence-corrected chi connectivity index (χ1v) is 5.88. The van der Waals surface area contributed by atoms with Gasteiger partial charge in [0.1, 0.15) is 0 Å². The Morgan fingerprint density at radius 3 is 2.89 bits per heavy atom. The molecule has 3 rings (SSSR count). The van der Waals surface area contributed by atoms with Crippen molar-refractivity contribution < 1.29 is 9.47 Å². The molecule has 2 aromatic rings. The maximum atomic E-state index is 6.18. The predicted octanol–water partition coefficient (Wildman–Crippen LogP) is 2.05. The monoisotopic (exact) mass is 242 g/mol. The van der Waals surface area contributed by atoms with Crippen molar-refractivity contribution in [3.8, 4) is 11.5 Å². The van der Waals surface area contributed by atoms with Gasteiger partial charge in [0, 0.05) is 24.4 Å². The fourth-order valence-corrected chi connectivity index (χ4v) is 2.01. The van der Waals surface area contributed by atoms with Crippen molar-refractivity contribution in [1.29, 1.82) is 0 Å². The van der Waals surface area contributed by atoms with Gasteiger partial charge in [-0.3, -0.25) is 4.98 Å². The van der Waals surface area contributed by atoms with Gasteiger partial charge in [-0.25, -0.2) is 0 Å². The maximum Gasteiger partial charge on any atom is 0.231 e. The van der Waals surface area contributed by atoms with E-state index < -0.39 is 0 Å². The van der Waals surface area contributed by atoms with E-state index >= 15 is 0 Å². The number of benzene rings is 1. The van der Waals surface area contributed by atoms with E-state index in [0.29, 0.717) is 6.42 Å². The smallest absolute Gasteiger partial charge is 0.231 e. The number of hydrogen-bond donors (Lipinski definition) is 1. The third kappa shape index (κ3) is 2.15. The van der Waals surface area contributed by atoms with Crippen molar-refractivity contribution >= 4 is 0 Å². The second-order valence-corrected chi connectivity index (χ2v) is 4.24. The lowest BCUT2D eigenvalue weighted by Gasteiger charge is -2.12. The molecule has 1 aromatic heterocycles. The number of fused-ring (bicyclic) bond motifs is 1. The fraction of sp³-hybridized carbons (Fsp3) is 0.214. The van der Waals surface area contributed by atoms with E-state index in [1.807, 2.05) is 36.4 Å². The quantitative estimate of drug-likeness (QED) is 0.895. The summed E-state index contributed by atoms with van der Waals surface area (Å²) in [4.78, 5) is 4.28. The molecule has 0 fully saturated rings. The average Bonchev–Trinajstić information content (AvgIpc) is 2.87. The molecule has 2 heterocycles. The molecular formula is C14H14N2O2. The Morgan fingerprint density at radius 2 is 2.06 bits per heavy atom. The lowest BCUT2D eigenvalue weighted by atomic mass is 10.0. The second kappa shape index (κ2) is 4.66. The second-order valence-electron chi connectivity index (χ2n) is 4.24. The van der Waals surface area contributed by atoms with Crippen molar-refractivity contribution in [3.05, 3.63) is 53.9 Å². The first-order valence-electron chi connectivity index (χ1n) is 5.88. The van der Waals surface area contributed by atoms with Crippen LogP contribution in [0.25, 0.3) is 0 Å². The van der Waals surface area contributed by atoms with Crippen molar-refractivity contribution in [2.24, 2.45) is 5.73 Å². The van der Waals surface area contributed by atoms with Crippen LogP contribution in [0.1, 0.15) is 17.3 Å². The zero-order valence-corrected chi connectivity index (χ0v) is 9.87. The number of pyridine rings is 1. The van der Waals surface area contributed by atoms with Gasteiger partial charge in [-0.15, -0.1) is 0 Å². The Hall–Kier alpha value is -2.07. The molecule has 2 N–H and O–H groups in total. The molecule has 1 aliphatic rings. The number of nitrogens with two attached hydrogens (primary N) is 1. The van der Waals surface area contributed by atoms with Gasteiger partial charge in [-0.1, -0.05) is 12.1 Å². The van der Waals surface area contributed by atoms with Crippen molar-refractivity contribution in [2.75, 3.05) is 6.79 Å². The van der Waals surface area contributed by atoms with Gasteiger partial charge < -0.3 is 15.2 Å². The van der Waals surface area contributed by atoms with Gasteiger partial charge in [-0.2, -0.15) is 0 Å². The van der Waals surface area contributed by atoms with E-state index in [0.717, 1.165) is 22.8 Å². The molecule has 0 aliphatic carbocycles. The molecule has 0 bridgehead atoms. The highest BCUT2D eigenvalue weighted by atomic mass is 16.7. The van der Waals surface area contributed by atoms with Crippen LogP contribution < -0.4 is 15.2 Å². The summed E-state index contributed by atoms with van der Waals surface area (Å²) in [6.45, 7) is 0.286. The number of hydrogen-bond acceptors (Lipinski definition) is 4. The van der Waals surface area contributed by atoms with Crippen LogP contribution in [0.15, 0.2) is 42.6 Å². The Bertz CT molecular complexity index is 543. The summed E-state index contributed by atoms with van der Waals surface area (Å²) in [7, 11) is 0. The number of nitrogens with zero attached hydrogens (tertiary/aromatic N) is 1. The maximum absolute atomic E-state index is 6.18. The molecule has 0 spiro atoms. The molecule has 0 radical (unpaired) electrons. The Kier molecular flexibility index (Phi) is 2.86. The molecule has 0 saturated carbocycles. The summed E-state index contributed by atoms with van der Waals surface area (Å²) in [5, 5.41) is 0. The highest BCUT2D eigenvalue weighted by Gasteiger charge is 2.16. The van der Waals surface area contributed by atoms with Crippen LogP contribution in [0, 0.1) is 0 Å². The van der Waals surface area contributed by atoms with Crippen LogP contribution in [0.2, 0.25) is 0 Å². The molecule has 92 valence electrons. The van der Waals surface area contributed by atoms with E-state index in [4.69, 9.17) is 15.2 Å². The van der Waals surface area contributed by atoms with Gasteiger partial charge in [-0.05, 0) is 29.8 Å². The van der Waals surface area contributed by atoms with E-state index in [9.17, 15) is 0 Å². The van der Waals surface area contributed by atoms with Crippen molar-refractivity contribution in [3.63, 3.8) is 0 Å². The summed E-state index contributed by atoms with van der Waals surface area (Å²) in [5.41, 5.74) is 8.21. The topological polar surface area (TPSA) is 57.4 Å². The minimum Gasteiger partial charge on any atom is -0.454 e. The molecule has 4 heteroatoms. The average molecular weight is 242 g/mol. The number of aromatic nitrogens is 1. The lowest BCUT2D eigenvalue weighted by Crippen LogP contribution is -2.13. The van der Waals surface area contributed by atoms with Crippen LogP contribution in [-0.4, -0.2) is 11.8 Å². The molecule has 1 aliphatic heterocycles. The number of ether oxygens (including phenoxy) is 2. The van der Waals surface area contributed by atoms with Crippen molar-refractivity contribution in [2.45, 2.75) is 12.5 Å². The first-order chi connectivity index (χ1) is 8.83. The molecule has 0 amide bonds. The summed E-state index contributed by atoms with van der Waals surface area (Å²) < 4.78 is 10.6. The first kappa shape index (κ1) is 11.0. The van der Waals surface area contributed by atoms with Crippen LogP contribution >= 0.6 is 0 Å². The van der Waals surface area contributed by atoms with E-state index in [1.165, 1.54) is 0 Å². The summed E-state index contributed by atoms with van der Waals surface area (Å²) in [5.74, 6) is 1.55. The summed E-state index contributed by atoms with van der Waals surface area (Å²) >= 11 is 0. The van der Waals surface area contributed by atoms with E-state index in [-0.39, 0.29) is 12.8 Å². The molecule has 1 atom stereocenters. The highest BCUT2D eigenvalue weighted by Crippen LogP contribution is 2.34. The molecule has 4 nitrogen and oxygen atoms in total. The lowest BCUT2D eigenvalue weighted by molar-refractivity contribution is 0.174. The van der Waals surface area contributed by atoms with Crippen LogP contribution in [-0.2, 0) is 6.42 Å². The van der Waals surface area contributed by atoms with Gasteiger partial charge in [0.15, 0.2) is 11.5 Å². The minimum atomic E-state index is -0.0885. The molecule has 1 aromatic carbocycles. The zero-order chi connectivity index (χ0) is 12.4. The van der Waals surface area contributed by atoms with E-state index in [1.54, 1.807) is 6.20 Å². The highest BCUT2D eigenvalue weighted by molar-refractivity contribution is 5.45. The van der Waals surface area contributed by atoms with Crippen molar-refractivity contribution in [1.82, 2.24) is 4.98 Å². The Morgan fingerprint density at radius 1 is 1.17 bits per heavy atom. The summed E-state index contributed by atoms with van der Waals surface area (Å²) in [6, 6.07) is 11.6. The van der Waals surface area contributed by atoms with Crippen LogP contribution in [0.3, 0.4) is 0 Å². The predicted molar refractivity (Wildman–Crippen MR) is 67.4 cm³/mol. The van der Waals surface area contributed by atoms with E-state index in [2.05, 4.69) is 4.98 Å². The van der Waals surface area contributed by atoms with Gasteiger partial charge in [0.05, 0.1) is 0 Å². The molecular weight excluding hydrogens is 228 g/mol. The molecule has 0 saturated heterocycles. The Labute approximate surface area is 105 Å². The third-order valence-corrected chi connectivity index (χ3v) is 2.98. The van der Waals surface area contributed by atoms with Crippen LogP contribution in [0.5, 0.6) is 11.5 Å². The normalized spacial score (nSPS) is 14.5. The SMILES string of the molecule is NC(Cc1ccccn1)c1ccc2c(c1)OCO2. The largest absolute Gasteiger partial charge is 0.454 e. The van der Waals surface area contributed by atoms with Crippen LogP contribution in [0.4, 0.5) is 0 Å². The standard InChI is InChI=1S/C14H14N2O2/c15-12(8-11-3-1-2-6-16-11)10-4-5-13-14(7-10)18-9-17-13/h1-7,12H,8-9,15H2. The molecule has 18 heavy (non-hydrogen) atoms. The Balaban J connectivity index is 1.78. The number of rotatable bonds is 3. The summed E-state index contributed by atoms with van der Waals surface area (Å²) in [6.07, 6.45) is 2.49. The third-order valence-electron chi connectivity index (χ3n) is 2.98.